The molecule has 0 radical (unpaired) electrons. The van der Waals surface area contributed by atoms with E-state index in [0.717, 1.165) is 6.07 Å². The Hall–Kier alpha value is -1.23. The third-order valence-corrected chi connectivity index (χ3v) is 1.84. The van der Waals surface area contributed by atoms with Crippen molar-refractivity contribution >= 4 is 17.9 Å². The summed E-state index contributed by atoms with van der Waals surface area (Å²) in [5.41, 5.74) is -0.855. The Bertz CT molecular complexity index is 357. The normalized spacial score (nSPS) is 10.4. The first-order valence-corrected chi connectivity index (χ1v) is 3.95. The maximum atomic E-state index is 12.4. The monoisotopic (exact) mass is 221 g/mol. The van der Waals surface area contributed by atoms with Gasteiger partial charge in [-0.1, -0.05) is 11.6 Å². The van der Waals surface area contributed by atoms with Crippen molar-refractivity contribution in [3.8, 4) is 5.75 Å². The average molecular weight is 222 g/mol. The number of halogens is 3. The van der Waals surface area contributed by atoms with Crippen molar-refractivity contribution in [2.45, 2.75) is 6.43 Å². The number of carbonyl (C=O) groups is 1. The number of rotatable bonds is 3. The molecule has 0 aromatic carbocycles. The van der Waals surface area contributed by atoms with E-state index in [2.05, 4.69) is 4.98 Å². The van der Waals surface area contributed by atoms with Gasteiger partial charge in [0.25, 0.3) is 6.43 Å². The summed E-state index contributed by atoms with van der Waals surface area (Å²) >= 11 is 5.55. The third-order valence-electron chi connectivity index (χ3n) is 1.57. The van der Waals surface area contributed by atoms with Gasteiger partial charge in [-0.2, -0.15) is 0 Å². The second-order valence-corrected chi connectivity index (χ2v) is 2.73. The number of nitrogens with zero attached hydrogens (tertiary/aromatic N) is 1. The number of alkyl halides is 2. The smallest absolute Gasteiger partial charge is 0.266 e. The van der Waals surface area contributed by atoms with Crippen molar-refractivity contribution in [3.05, 3.63) is 22.5 Å². The van der Waals surface area contributed by atoms with Crippen LogP contribution in [0.4, 0.5) is 8.78 Å². The number of hydrogen-bond acceptors (Lipinski definition) is 3. The van der Waals surface area contributed by atoms with E-state index in [-0.39, 0.29) is 22.9 Å². The molecule has 0 bridgehead atoms. The number of ether oxygens (including phenoxy) is 1. The molecule has 14 heavy (non-hydrogen) atoms. The van der Waals surface area contributed by atoms with E-state index in [0.29, 0.717) is 0 Å². The number of pyridine rings is 1. The average Bonchev–Trinajstić information content (AvgIpc) is 2.16. The number of aromatic nitrogens is 1. The minimum Gasteiger partial charge on any atom is -0.494 e. The molecule has 1 rings (SSSR count). The lowest BCUT2D eigenvalue weighted by Crippen LogP contribution is -1.99. The van der Waals surface area contributed by atoms with E-state index >= 15 is 0 Å². The van der Waals surface area contributed by atoms with E-state index in [9.17, 15) is 13.6 Å². The summed E-state index contributed by atoms with van der Waals surface area (Å²) in [6, 6.07) is 1.00. The lowest BCUT2D eigenvalue weighted by molar-refractivity contribution is 0.110. The molecule has 0 aliphatic heterocycles. The summed E-state index contributed by atoms with van der Waals surface area (Å²) in [6.45, 7) is 0. The summed E-state index contributed by atoms with van der Waals surface area (Å²) < 4.78 is 29.4. The van der Waals surface area contributed by atoms with Crippen LogP contribution < -0.4 is 4.74 Å². The van der Waals surface area contributed by atoms with Gasteiger partial charge >= 0.3 is 0 Å². The highest BCUT2D eigenvalue weighted by atomic mass is 35.5. The molecule has 6 heteroatoms. The van der Waals surface area contributed by atoms with Crippen LogP contribution in [0.15, 0.2) is 6.07 Å². The Labute approximate surface area is 83.7 Å². The standard InChI is InChI=1S/C8H6ClF2NO2/c1-14-6-2-4(8(10)11)5(3-13)12-7(6)9/h2-3,8H,1H3. The number of methoxy groups -OCH3 is 1. The van der Waals surface area contributed by atoms with E-state index in [1.807, 2.05) is 0 Å². The lowest BCUT2D eigenvalue weighted by atomic mass is 10.2. The zero-order chi connectivity index (χ0) is 10.7. The zero-order valence-electron chi connectivity index (χ0n) is 7.13. The summed E-state index contributed by atoms with van der Waals surface area (Å²) in [5.74, 6) is 0.0209. The summed E-state index contributed by atoms with van der Waals surface area (Å²) in [4.78, 5) is 13.9. The van der Waals surface area contributed by atoms with Crippen LogP contribution in [0.1, 0.15) is 22.5 Å². The first-order valence-electron chi connectivity index (χ1n) is 3.58. The van der Waals surface area contributed by atoms with Gasteiger partial charge in [0.1, 0.15) is 5.69 Å². The van der Waals surface area contributed by atoms with Crippen LogP contribution >= 0.6 is 11.6 Å². The predicted molar refractivity (Wildman–Crippen MR) is 46.1 cm³/mol. The first kappa shape index (κ1) is 10.8. The molecule has 0 N–H and O–H groups in total. The van der Waals surface area contributed by atoms with E-state index in [4.69, 9.17) is 16.3 Å². The molecule has 3 nitrogen and oxygen atoms in total. The van der Waals surface area contributed by atoms with Crippen molar-refractivity contribution in [1.82, 2.24) is 4.98 Å². The van der Waals surface area contributed by atoms with Gasteiger partial charge in [0.2, 0.25) is 0 Å². The first-order chi connectivity index (χ1) is 6.60. The Kier molecular flexibility index (Phi) is 3.35. The van der Waals surface area contributed by atoms with Gasteiger partial charge < -0.3 is 4.74 Å². The van der Waals surface area contributed by atoms with Crippen molar-refractivity contribution < 1.29 is 18.3 Å². The van der Waals surface area contributed by atoms with E-state index < -0.39 is 12.0 Å². The molecule has 0 aliphatic carbocycles. The van der Waals surface area contributed by atoms with Crippen molar-refractivity contribution in [2.75, 3.05) is 7.11 Å². The highest BCUT2D eigenvalue weighted by molar-refractivity contribution is 6.31. The highest BCUT2D eigenvalue weighted by Crippen LogP contribution is 2.29. The minimum absolute atomic E-state index is 0.0209. The third kappa shape index (κ3) is 1.98. The maximum absolute atomic E-state index is 12.4. The summed E-state index contributed by atoms with van der Waals surface area (Å²) in [5, 5.41) is -0.112. The molecule has 0 fully saturated rings. The Balaban J connectivity index is 3.32. The topological polar surface area (TPSA) is 39.2 Å². The molecule has 1 heterocycles. The Morgan fingerprint density at radius 1 is 1.64 bits per heavy atom. The summed E-state index contributed by atoms with van der Waals surface area (Å²) in [6.07, 6.45) is -2.55. The number of hydrogen-bond donors (Lipinski definition) is 0. The lowest BCUT2D eigenvalue weighted by Gasteiger charge is -2.07. The molecule has 1 aromatic heterocycles. The molecule has 0 atom stereocenters. The second kappa shape index (κ2) is 4.32. The second-order valence-electron chi connectivity index (χ2n) is 2.37. The van der Waals surface area contributed by atoms with Crippen molar-refractivity contribution in [2.24, 2.45) is 0 Å². The number of carbonyl (C=O) groups excluding carboxylic acids is 1. The van der Waals surface area contributed by atoms with Gasteiger partial charge in [0.15, 0.2) is 17.2 Å². The van der Waals surface area contributed by atoms with Gasteiger partial charge in [0, 0.05) is 0 Å². The molecule has 0 saturated heterocycles. The van der Waals surface area contributed by atoms with Gasteiger partial charge in [-0.25, -0.2) is 13.8 Å². The van der Waals surface area contributed by atoms with Gasteiger partial charge in [-0.05, 0) is 6.07 Å². The fourth-order valence-electron chi connectivity index (χ4n) is 0.912. The van der Waals surface area contributed by atoms with Crippen LogP contribution in [-0.2, 0) is 0 Å². The quantitative estimate of drug-likeness (QED) is 0.582. The fraction of sp³-hybridized carbons (Fsp3) is 0.250. The molecular weight excluding hydrogens is 216 g/mol. The SMILES string of the molecule is COc1cc(C(F)F)c(C=O)nc1Cl. The van der Waals surface area contributed by atoms with Crippen molar-refractivity contribution in [1.29, 1.82) is 0 Å². The van der Waals surface area contributed by atoms with Gasteiger partial charge in [-0.3, -0.25) is 4.79 Å². The predicted octanol–water partition coefficient (Wildman–Crippen LogP) is 2.49. The maximum Gasteiger partial charge on any atom is 0.266 e. The molecular formula is C8H6ClF2NO2. The molecule has 0 spiro atoms. The van der Waals surface area contributed by atoms with Gasteiger partial charge in [-0.15, -0.1) is 0 Å². The highest BCUT2D eigenvalue weighted by Gasteiger charge is 2.17. The van der Waals surface area contributed by atoms with Crippen molar-refractivity contribution in [3.63, 3.8) is 0 Å². The zero-order valence-corrected chi connectivity index (χ0v) is 7.89. The largest absolute Gasteiger partial charge is 0.494 e. The number of aldehydes is 1. The molecule has 1 aromatic rings. The van der Waals surface area contributed by atoms with Crippen LogP contribution in [0, 0.1) is 0 Å². The molecule has 0 saturated carbocycles. The van der Waals surface area contributed by atoms with Crippen LogP contribution in [0.3, 0.4) is 0 Å². The molecule has 76 valence electrons. The van der Waals surface area contributed by atoms with E-state index in [1.54, 1.807) is 0 Å². The van der Waals surface area contributed by atoms with Crippen LogP contribution in [0.5, 0.6) is 5.75 Å². The Morgan fingerprint density at radius 2 is 2.29 bits per heavy atom. The molecule has 0 unspecified atom stereocenters. The van der Waals surface area contributed by atoms with E-state index in [1.165, 1.54) is 7.11 Å². The van der Waals surface area contributed by atoms with Crippen LogP contribution in [0.25, 0.3) is 0 Å². The van der Waals surface area contributed by atoms with Crippen LogP contribution in [-0.4, -0.2) is 18.4 Å². The minimum atomic E-state index is -2.78. The summed E-state index contributed by atoms with van der Waals surface area (Å²) in [7, 11) is 1.28. The Morgan fingerprint density at radius 3 is 2.71 bits per heavy atom. The van der Waals surface area contributed by atoms with Crippen LogP contribution in [0.2, 0.25) is 5.15 Å². The van der Waals surface area contributed by atoms with Gasteiger partial charge in [0.05, 0.1) is 12.7 Å². The molecule has 0 amide bonds. The fourth-order valence-corrected chi connectivity index (χ4v) is 1.14. The molecule has 0 aliphatic rings.